The monoisotopic (exact) mass is 185 g/mol. The maximum absolute atomic E-state index is 12.7. The molecule has 0 amide bonds. The van der Waals surface area contributed by atoms with Crippen LogP contribution in [-0.2, 0) is 6.42 Å². The fourth-order valence-corrected chi connectivity index (χ4v) is 1.18. The van der Waals surface area contributed by atoms with Crippen LogP contribution in [0.2, 0.25) is 0 Å². The van der Waals surface area contributed by atoms with Gasteiger partial charge in [0, 0.05) is 12.1 Å². The van der Waals surface area contributed by atoms with E-state index in [1.807, 2.05) is 6.92 Å². The minimum Gasteiger partial charge on any atom is -0.327 e. The number of nitrogens with two attached hydrogens (primary N) is 1. The van der Waals surface area contributed by atoms with Crippen LogP contribution in [-0.4, -0.2) is 6.04 Å². The molecule has 0 aliphatic carbocycles. The normalized spacial score (nSPS) is 12.9. The lowest BCUT2D eigenvalue weighted by Crippen LogP contribution is -2.21. The van der Waals surface area contributed by atoms with Gasteiger partial charge in [0.05, 0.1) is 0 Å². The number of hydrogen-bond acceptors (Lipinski definition) is 1. The summed E-state index contributed by atoms with van der Waals surface area (Å²) < 4.78 is 25.4. The summed E-state index contributed by atoms with van der Waals surface area (Å²) in [5.74, 6) is -1.09. The minimum atomic E-state index is -0.543. The molecule has 3 heteroatoms. The van der Waals surface area contributed by atoms with Crippen LogP contribution in [0.1, 0.15) is 18.9 Å². The highest BCUT2D eigenvalue weighted by atomic mass is 19.1. The Bertz CT molecular complexity index is 266. The van der Waals surface area contributed by atoms with Crippen molar-refractivity contribution in [3.63, 3.8) is 0 Å². The van der Waals surface area contributed by atoms with Crippen molar-refractivity contribution < 1.29 is 8.78 Å². The third kappa shape index (κ3) is 3.11. The first-order valence-corrected chi connectivity index (χ1v) is 4.32. The summed E-state index contributed by atoms with van der Waals surface area (Å²) >= 11 is 0. The molecule has 1 atom stereocenters. The van der Waals surface area contributed by atoms with E-state index < -0.39 is 11.6 Å². The Labute approximate surface area is 76.6 Å². The molecule has 0 saturated heterocycles. The summed E-state index contributed by atoms with van der Waals surface area (Å²) in [6.45, 7) is 1.94. The molecule has 0 spiro atoms. The molecule has 1 aromatic carbocycles. The summed E-state index contributed by atoms with van der Waals surface area (Å²) in [6, 6.07) is 3.47. The van der Waals surface area contributed by atoms with Crippen LogP contribution in [0, 0.1) is 11.6 Å². The average Bonchev–Trinajstić information content (AvgIpc) is 2.02. The molecule has 0 fully saturated rings. The Morgan fingerprint density at radius 3 is 2.23 bits per heavy atom. The van der Waals surface area contributed by atoms with E-state index in [1.165, 1.54) is 12.1 Å². The third-order valence-corrected chi connectivity index (χ3v) is 1.94. The van der Waals surface area contributed by atoms with Crippen LogP contribution in [0.3, 0.4) is 0 Å². The Morgan fingerprint density at radius 1 is 1.23 bits per heavy atom. The van der Waals surface area contributed by atoms with Crippen LogP contribution in [0.15, 0.2) is 18.2 Å². The van der Waals surface area contributed by atoms with Crippen molar-refractivity contribution in [3.05, 3.63) is 35.4 Å². The number of hydrogen-bond donors (Lipinski definition) is 1. The second-order valence-electron chi connectivity index (χ2n) is 3.15. The second-order valence-corrected chi connectivity index (χ2v) is 3.15. The van der Waals surface area contributed by atoms with E-state index in [-0.39, 0.29) is 6.04 Å². The van der Waals surface area contributed by atoms with E-state index in [0.29, 0.717) is 12.0 Å². The first-order valence-electron chi connectivity index (χ1n) is 4.32. The molecule has 0 aromatic heterocycles. The van der Waals surface area contributed by atoms with Gasteiger partial charge < -0.3 is 5.73 Å². The highest BCUT2D eigenvalue weighted by Gasteiger charge is 2.04. The van der Waals surface area contributed by atoms with Crippen LogP contribution in [0.5, 0.6) is 0 Å². The molecule has 0 bridgehead atoms. The molecule has 0 saturated carbocycles. The first kappa shape index (κ1) is 10.1. The molecule has 1 nitrogen and oxygen atoms in total. The topological polar surface area (TPSA) is 26.0 Å². The standard InChI is InChI=1S/C10H13F2N/c1-2-10(13)5-7-3-8(11)6-9(12)4-7/h3-4,6,10H,2,5,13H2,1H3/t10-/m0/s1. The van der Waals surface area contributed by atoms with Crippen LogP contribution in [0.4, 0.5) is 8.78 Å². The number of halogens is 2. The van der Waals surface area contributed by atoms with Gasteiger partial charge in [0.2, 0.25) is 0 Å². The van der Waals surface area contributed by atoms with Crippen molar-refractivity contribution in [3.8, 4) is 0 Å². The predicted molar refractivity (Wildman–Crippen MR) is 48.3 cm³/mol. The largest absolute Gasteiger partial charge is 0.327 e. The zero-order valence-electron chi connectivity index (χ0n) is 7.56. The summed E-state index contributed by atoms with van der Waals surface area (Å²) in [7, 11) is 0. The van der Waals surface area contributed by atoms with Gasteiger partial charge in [0.15, 0.2) is 0 Å². The van der Waals surface area contributed by atoms with Crippen LogP contribution < -0.4 is 5.73 Å². The fourth-order valence-electron chi connectivity index (χ4n) is 1.18. The van der Waals surface area contributed by atoms with E-state index in [2.05, 4.69) is 0 Å². The Morgan fingerprint density at radius 2 is 1.77 bits per heavy atom. The molecule has 72 valence electrons. The number of benzene rings is 1. The van der Waals surface area contributed by atoms with E-state index in [0.717, 1.165) is 12.5 Å². The van der Waals surface area contributed by atoms with Gasteiger partial charge in [-0.25, -0.2) is 8.78 Å². The zero-order valence-corrected chi connectivity index (χ0v) is 7.56. The molecule has 1 aromatic rings. The van der Waals surface area contributed by atoms with Gasteiger partial charge in [-0.15, -0.1) is 0 Å². The molecule has 13 heavy (non-hydrogen) atoms. The van der Waals surface area contributed by atoms with Crippen molar-refractivity contribution in [2.45, 2.75) is 25.8 Å². The van der Waals surface area contributed by atoms with Gasteiger partial charge >= 0.3 is 0 Å². The maximum Gasteiger partial charge on any atom is 0.126 e. The molecule has 0 aliphatic rings. The van der Waals surface area contributed by atoms with Crippen molar-refractivity contribution in [1.82, 2.24) is 0 Å². The van der Waals surface area contributed by atoms with E-state index >= 15 is 0 Å². The van der Waals surface area contributed by atoms with Crippen molar-refractivity contribution >= 4 is 0 Å². The zero-order chi connectivity index (χ0) is 9.84. The molecule has 2 N–H and O–H groups in total. The van der Waals surface area contributed by atoms with Gasteiger partial charge in [-0.2, -0.15) is 0 Å². The smallest absolute Gasteiger partial charge is 0.126 e. The predicted octanol–water partition coefficient (Wildman–Crippen LogP) is 2.24. The molecule has 0 aliphatic heterocycles. The highest BCUT2D eigenvalue weighted by Crippen LogP contribution is 2.10. The van der Waals surface area contributed by atoms with E-state index in [4.69, 9.17) is 5.73 Å². The van der Waals surface area contributed by atoms with Gasteiger partial charge in [-0.05, 0) is 30.5 Å². The highest BCUT2D eigenvalue weighted by molar-refractivity contribution is 5.18. The minimum absolute atomic E-state index is 0.0267. The quantitative estimate of drug-likeness (QED) is 0.767. The Hall–Kier alpha value is -0.960. The lowest BCUT2D eigenvalue weighted by Gasteiger charge is -2.08. The van der Waals surface area contributed by atoms with E-state index in [1.54, 1.807) is 0 Å². The van der Waals surface area contributed by atoms with Crippen molar-refractivity contribution in [1.29, 1.82) is 0 Å². The Balaban J connectivity index is 2.77. The summed E-state index contributed by atoms with van der Waals surface area (Å²) in [4.78, 5) is 0. The molecular formula is C10H13F2N. The molecular weight excluding hydrogens is 172 g/mol. The first-order chi connectivity index (χ1) is 6.11. The molecule has 0 heterocycles. The lowest BCUT2D eigenvalue weighted by atomic mass is 10.0. The second kappa shape index (κ2) is 4.33. The summed E-state index contributed by atoms with van der Waals surface area (Å²) in [6.07, 6.45) is 1.32. The summed E-state index contributed by atoms with van der Waals surface area (Å²) in [5, 5.41) is 0. The molecule has 0 radical (unpaired) electrons. The maximum atomic E-state index is 12.7. The van der Waals surface area contributed by atoms with Crippen molar-refractivity contribution in [2.24, 2.45) is 5.73 Å². The molecule has 0 unspecified atom stereocenters. The lowest BCUT2D eigenvalue weighted by molar-refractivity contribution is 0.573. The van der Waals surface area contributed by atoms with Gasteiger partial charge in [-0.3, -0.25) is 0 Å². The summed E-state index contributed by atoms with van der Waals surface area (Å²) in [5.41, 5.74) is 6.28. The van der Waals surface area contributed by atoms with Crippen LogP contribution >= 0.6 is 0 Å². The van der Waals surface area contributed by atoms with Gasteiger partial charge in [0.1, 0.15) is 11.6 Å². The SMILES string of the molecule is CC[C@H](N)Cc1cc(F)cc(F)c1. The van der Waals surface area contributed by atoms with Gasteiger partial charge in [0.25, 0.3) is 0 Å². The number of rotatable bonds is 3. The van der Waals surface area contributed by atoms with Gasteiger partial charge in [-0.1, -0.05) is 6.92 Å². The average molecular weight is 185 g/mol. The van der Waals surface area contributed by atoms with Crippen molar-refractivity contribution in [2.75, 3.05) is 0 Å². The molecule has 1 rings (SSSR count). The Kier molecular flexibility index (Phi) is 3.37. The fraction of sp³-hybridized carbons (Fsp3) is 0.400. The third-order valence-electron chi connectivity index (χ3n) is 1.94. The van der Waals surface area contributed by atoms with Crippen LogP contribution in [0.25, 0.3) is 0 Å². The van der Waals surface area contributed by atoms with E-state index in [9.17, 15) is 8.78 Å².